The summed E-state index contributed by atoms with van der Waals surface area (Å²) in [6.07, 6.45) is -0.300. The number of carbonyl (C=O) groups is 11. The first-order valence-electron chi connectivity index (χ1n) is 24.8. The molecule has 74 heavy (non-hydrogen) atoms. The molecular formula is C49H81N11O14. The molecule has 16 N–H and O–H groups in total. The fraction of sp³-hybridized carbons (Fsp3) is 0.653. The fourth-order valence-electron chi connectivity index (χ4n) is 7.24. The first-order valence-corrected chi connectivity index (χ1v) is 24.8. The van der Waals surface area contributed by atoms with Gasteiger partial charge in [-0.15, -0.1) is 0 Å². The summed E-state index contributed by atoms with van der Waals surface area (Å²) in [6.45, 7) is 15.0. The summed E-state index contributed by atoms with van der Waals surface area (Å²) in [7, 11) is 0. The number of aliphatic hydroxyl groups is 2. The average molecular weight is 1050 g/mol. The number of nitrogens with two attached hydrogens (primary N) is 2. The summed E-state index contributed by atoms with van der Waals surface area (Å²) >= 11 is 0. The molecule has 0 aromatic heterocycles. The van der Waals surface area contributed by atoms with Crippen LogP contribution in [0.25, 0.3) is 0 Å². The van der Waals surface area contributed by atoms with Crippen LogP contribution in [0, 0.1) is 23.7 Å². The third kappa shape index (κ3) is 23.4. The maximum absolute atomic E-state index is 14.3. The van der Waals surface area contributed by atoms with E-state index in [0.717, 1.165) is 0 Å². The number of aliphatic hydroxyl groups excluding tert-OH is 2. The molecule has 0 bridgehead atoms. The van der Waals surface area contributed by atoms with Crippen molar-refractivity contribution in [1.29, 1.82) is 0 Å². The second kappa shape index (κ2) is 32.5. The van der Waals surface area contributed by atoms with Crippen LogP contribution in [0.3, 0.4) is 0 Å². The Bertz CT molecular complexity index is 2080. The van der Waals surface area contributed by atoms with E-state index in [1.807, 2.05) is 13.8 Å². The van der Waals surface area contributed by atoms with Crippen LogP contribution in [0.4, 0.5) is 0 Å². The molecule has 416 valence electrons. The van der Waals surface area contributed by atoms with Gasteiger partial charge in [0.15, 0.2) is 0 Å². The van der Waals surface area contributed by atoms with Crippen molar-refractivity contribution in [1.82, 2.24) is 47.9 Å². The topological polar surface area (TPSA) is 409 Å². The monoisotopic (exact) mass is 1050 g/mol. The van der Waals surface area contributed by atoms with Gasteiger partial charge in [-0.25, -0.2) is 4.79 Å². The van der Waals surface area contributed by atoms with Crippen LogP contribution in [0.5, 0.6) is 0 Å². The van der Waals surface area contributed by atoms with Gasteiger partial charge in [-0.3, -0.25) is 47.9 Å². The summed E-state index contributed by atoms with van der Waals surface area (Å²) in [6, 6.07) is -5.35. The van der Waals surface area contributed by atoms with Gasteiger partial charge < -0.3 is 74.6 Å². The van der Waals surface area contributed by atoms with Crippen molar-refractivity contribution in [2.75, 3.05) is 13.2 Å². The van der Waals surface area contributed by atoms with Gasteiger partial charge in [0.25, 0.3) is 0 Å². The SMILES string of the molecule is CC[C@H](C)[C@H](NC(=O)[C@H](C)NC(=O)[C@H](CO)NC(=O)[C@H](C)NC(=O)[C@@H](N)CO)C(=O)N[C@@H](CC(N)=O)C(=O)N[C@@H](Cc1ccccc1)C(=O)N[C@@H](CC(C)C)C(=O)N[C@@H](CC(C)C)C(=O)N[C@@H](CC(C)C)C(=O)O. The number of carbonyl (C=O) groups excluding carboxylic acids is 10. The van der Waals surface area contributed by atoms with Gasteiger partial charge in [-0.1, -0.05) is 92.1 Å². The van der Waals surface area contributed by atoms with E-state index in [-0.39, 0.29) is 49.9 Å². The summed E-state index contributed by atoms with van der Waals surface area (Å²) < 4.78 is 0. The Morgan fingerprint density at radius 2 is 0.865 bits per heavy atom. The van der Waals surface area contributed by atoms with Gasteiger partial charge in [-0.05, 0) is 62.3 Å². The van der Waals surface area contributed by atoms with Crippen LogP contribution < -0.4 is 59.3 Å². The van der Waals surface area contributed by atoms with Gasteiger partial charge in [-0.2, -0.15) is 0 Å². The predicted octanol–water partition coefficient (Wildman–Crippen LogP) is -2.91. The number of nitrogens with one attached hydrogen (secondary N) is 9. The molecule has 10 amide bonds. The Balaban J connectivity index is 3.43. The lowest BCUT2D eigenvalue weighted by atomic mass is 9.97. The average Bonchev–Trinajstić information content (AvgIpc) is 3.32. The summed E-state index contributed by atoms with van der Waals surface area (Å²) in [5, 5.41) is 51.0. The second-order valence-corrected chi connectivity index (χ2v) is 19.8. The molecule has 0 saturated carbocycles. The van der Waals surface area contributed by atoms with Crippen molar-refractivity contribution in [3.05, 3.63) is 35.9 Å². The maximum atomic E-state index is 14.3. The van der Waals surface area contributed by atoms with Crippen LogP contribution in [-0.4, -0.2) is 154 Å². The highest BCUT2D eigenvalue weighted by atomic mass is 16.4. The Hall–Kier alpha value is -6.73. The first-order chi connectivity index (χ1) is 34.5. The van der Waals surface area contributed by atoms with Gasteiger partial charge in [0.2, 0.25) is 59.1 Å². The lowest BCUT2D eigenvalue weighted by Gasteiger charge is -2.29. The minimum absolute atomic E-state index is 0.0670. The van der Waals surface area contributed by atoms with Crippen molar-refractivity contribution in [2.45, 2.75) is 168 Å². The highest BCUT2D eigenvalue weighted by Gasteiger charge is 2.36. The molecule has 1 aromatic carbocycles. The Morgan fingerprint density at radius 1 is 0.473 bits per heavy atom. The van der Waals surface area contributed by atoms with Gasteiger partial charge in [0, 0.05) is 6.42 Å². The van der Waals surface area contributed by atoms with Gasteiger partial charge >= 0.3 is 5.97 Å². The van der Waals surface area contributed by atoms with Crippen molar-refractivity contribution in [2.24, 2.45) is 35.1 Å². The second-order valence-electron chi connectivity index (χ2n) is 19.8. The molecule has 0 aliphatic heterocycles. The summed E-state index contributed by atoms with van der Waals surface area (Å²) in [5.41, 5.74) is 11.5. The quantitative estimate of drug-likeness (QED) is 0.0336. The molecule has 1 rings (SSSR count). The number of hydrogen-bond donors (Lipinski definition) is 14. The summed E-state index contributed by atoms with van der Waals surface area (Å²) in [5.74, 6) is -11.3. The fourth-order valence-corrected chi connectivity index (χ4v) is 7.24. The molecule has 0 radical (unpaired) electrons. The van der Waals surface area contributed by atoms with E-state index >= 15 is 0 Å². The minimum Gasteiger partial charge on any atom is -0.480 e. The van der Waals surface area contributed by atoms with Gasteiger partial charge in [0.05, 0.1) is 19.6 Å². The Kier molecular flexibility index (Phi) is 28.6. The van der Waals surface area contributed by atoms with E-state index in [2.05, 4.69) is 47.9 Å². The van der Waals surface area contributed by atoms with Crippen molar-refractivity contribution in [3.8, 4) is 0 Å². The zero-order valence-electron chi connectivity index (χ0n) is 44.1. The molecule has 0 unspecified atom stereocenters. The van der Waals surface area contributed by atoms with Crippen molar-refractivity contribution < 1.29 is 68.1 Å². The molecule has 0 heterocycles. The van der Waals surface area contributed by atoms with E-state index in [1.165, 1.54) is 13.8 Å². The number of amides is 10. The Morgan fingerprint density at radius 3 is 1.31 bits per heavy atom. The number of benzene rings is 1. The third-order valence-corrected chi connectivity index (χ3v) is 11.6. The third-order valence-electron chi connectivity index (χ3n) is 11.6. The van der Waals surface area contributed by atoms with E-state index in [9.17, 15) is 63.0 Å². The number of carboxylic acids is 1. The lowest BCUT2D eigenvalue weighted by molar-refractivity contribution is -0.143. The lowest BCUT2D eigenvalue weighted by Crippen LogP contribution is -2.61. The van der Waals surface area contributed by atoms with Crippen molar-refractivity contribution >= 4 is 65.0 Å². The van der Waals surface area contributed by atoms with Gasteiger partial charge in [0.1, 0.15) is 60.4 Å². The molecular weight excluding hydrogens is 967 g/mol. The number of hydrogen-bond acceptors (Lipinski definition) is 14. The van der Waals surface area contributed by atoms with Crippen LogP contribution in [0.15, 0.2) is 30.3 Å². The highest BCUT2D eigenvalue weighted by molar-refractivity contribution is 5.99. The van der Waals surface area contributed by atoms with Crippen molar-refractivity contribution in [3.63, 3.8) is 0 Å². The zero-order chi connectivity index (χ0) is 56.6. The molecule has 0 spiro atoms. The smallest absolute Gasteiger partial charge is 0.326 e. The first kappa shape index (κ1) is 65.3. The summed E-state index contributed by atoms with van der Waals surface area (Å²) in [4.78, 5) is 146. The number of primary amides is 1. The minimum atomic E-state index is -1.72. The molecule has 0 aliphatic carbocycles. The molecule has 11 atom stereocenters. The Labute approximate surface area is 432 Å². The van der Waals surface area contributed by atoms with Crippen LogP contribution >= 0.6 is 0 Å². The standard InChI is InChI=1S/C49H81N11O14/c1-11-27(8)39(60-41(65)29(10)53-47(71)37(23-62)59-40(64)28(9)52-42(66)31(50)22-61)48(72)57-35(21-38(51)63)46(70)56-34(20-30-15-13-12-14-16-30)45(69)55-32(17-24(2)3)43(67)54-33(18-25(4)5)44(68)58-36(49(73)74)19-26(6)7/h12-16,24-29,31-37,39,61-62H,11,17-23,50H2,1-10H3,(H2,51,63)(H,52,66)(H,53,71)(H,54,67)(H,55,69)(H,56,70)(H,57,72)(H,58,68)(H,59,64)(H,60,65)(H,73,74)/t27-,28-,29-,31-,32-,33-,34-,35-,36-,37-,39-/m0/s1. The van der Waals surface area contributed by atoms with E-state index < -0.39 is 151 Å². The molecule has 0 aliphatic rings. The van der Waals surface area contributed by atoms with E-state index in [1.54, 1.807) is 71.9 Å². The maximum Gasteiger partial charge on any atom is 0.326 e. The molecule has 0 fully saturated rings. The molecule has 1 aromatic rings. The molecule has 25 heteroatoms. The van der Waals surface area contributed by atoms with Crippen LogP contribution in [-0.2, 0) is 59.2 Å². The molecule has 0 saturated heterocycles. The highest BCUT2D eigenvalue weighted by Crippen LogP contribution is 2.14. The normalized spacial score (nSPS) is 15.7. The van der Waals surface area contributed by atoms with Crippen LogP contribution in [0.2, 0.25) is 0 Å². The number of aliphatic carboxylic acids is 1. The predicted molar refractivity (Wildman–Crippen MR) is 270 cm³/mol. The molecule has 25 nitrogen and oxygen atoms in total. The largest absolute Gasteiger partial charge is 0.480 e. The van der Waals surface area contributed by atoms with Crippen LogP contribution in [0.1, 0.15) is 107 Å². The van der Waals surface area contributed by atoms with E-state index in [4.69, 9.17) is 16.6 Å². The number of carboxylic acid groups (broad SMARTS) is 1. The van der Waals surface area contributed by atoms with E-state index in [0.29, 0.717) is 5.56 Å². The zero-order valence-corrected chi connectivity index (χ0v) is 44.1. The number of rotatable bonds is 33.